The van der Waals surface area contributed by atoms with E-state index in [9.17, 15) is 14.4 Å². The van der Waals surface area contributed by atoms with Crippen LogP contribution < -0.4 is 11.1 Å². The summed E-state index contributed by atoms with van der Waals surface area (Å²) in [6.07, 6.45) is 0.189. The number of primary amides is 1. The Morgan fingerprint density at radius 3 is 2.43 bits per heavy atom. The summed E-state index contributed by atoms with van der Waals surface area (Å²) >= 11 is 0. The van der Waals surface area contributed by atoms with Crippen LogP contribution in [-0.2, 0) is 9.59 Å². The van der Waals surface area contributed by atoms with Crippen LogP contribution in [0.2, 0.25) is 0 Å². The number of nitrogens with two attached hydrogens (primary N) is 1. The number of carboxylic acid groups (broad SMARTS) is 1. The molecule has 0 bridgehead atoms. The average molecular weight is 293 g/mol. The molecular weight excluding hydrogens is 274 g/mol. The molecule has 0 fully saturated rings. The first-order valence-corrected chi connectivity index (χ1v) is 6.47. The molecule has 0 aromatic heterocycles. The highest BCUT2D eigenvalue weighted by Crippen LogP contribution is 2.18. The molecule has 0 spiro atoms. The third kappa shape index (κ3) is 5.94. The Bertz CT molecular complexity index is 504. The molecule has 0 aliphatic heterocycles. The standard InChI is InChI=1S/C14H19N3O4/c1-17(9-12(15)18)14(21)16-11(7-8-13(19)20)10-5-3-2-4-6-10/h2-6,11H,7-9H2,1H3,(H2,15,18)(H,16,21)(H,19,20). The second-order valence-electron chi connectivity index (χ2n) is 4.67. The number of likely N-dealkylation sites (N-methyl/N-ethyl adjacent to an activating group) is 1. The van der Waals surface area contributed by atoms with E-state index in [0.717, 1.165) is 10.5 Å². The lowest BCUT2D eigenvalue weighted by Gasteiger charge is -2.23. The molecule has 21 heavy (non-hydrogen) atoms. The van der Waals surface area contributed by atoms with Gasteiger partial charge in [-0.15, -0.1) is 0 Å². The van der Waals surface area contributed by atoms with Crippen LogP contribution in [0.3, 0.4) is 0 Å². The van der Waals surface area contributed by atoms with Gasteiger partial charge in [0.2, 0.25) is 5.91 Å². The molecule has 7 nitrogen and oxygen atoms in total. The van der Waals surface area contributed by atoms with Crippen molar-refractivity contribution in [3.8, 4) is 0 Å². The molecule has 1 unspecified atom stereocenters. The number of nitrogens with one attached hydrogen (secondary N) is 1. The minimum atomic E-state index is -0.935. The van der Waals surface area contributed by atoms with Crippen LogP contribution in [0.15, 0.2) is 30.3 Å². The first-order valence-electron chi connectivity index (χ1n) is 6.47. The van der Waals surface area contributed by atoms with Gasteiger partial charge in [0.05, 0.1) is 6.04 Å². The van der Waals surface area contributed by atoms with E-state index in [2.05, 4.69) is 5.32 Å². The van der Waals surface area contributed by atoms with Crippen LogP contribution in [0.25, 0.3) is 0 Å². The summed E-state index contributed by atoms with van der Waals surface area (Å²) in [5.74, 6) is -1.55. The molecule has 1 rings (SSSR count). The normalized spacial score (nSPS) is 11.5. The van der Waals surface area contributed by atoms with Crippen LogP contribution >= 0.6 is 0 Å². The van der Waals surface area contributed by atoms with Gasteiger partial charge in [0.1, 0.15) is 6.54 Å². The molecule has 0 aliphatic rings. The van der Waals surface area contributed by atoms with E-state index in [1.807, 2.05) is 18.2 Å². The van der Waals surface area contributed by atoms with Gasteiger partial charge in [-0.1, -0.05) is 30.3 Å². The smallest absolute Gasteiger partial charge is 0.318 e. The molecule has 3 amide bonds. The van der Waals surface area contributed by atoms with E-state index in [4.69, 9.17) is 10.8 Å². The second-order valence-corrected chi connectivity index (χ2v) is 4.67. The van der Waals surface area contributed by atoms with Gasteiger partial charge in [0.15, 0.2) is 0 Å². The van der Waals surface area contributed by atoms with E-state index in [1.54, 1.807) is 12.1 Å². The third-order valence-electron chi connectivity index (χ3n) is 2.89. The minimum absolute atomic E-state index is 0.0701. The molecule has 0 saturated heterocycles. The number of benzene rings is 1. The summed E-state index contributed by atoms with van der Waals surface area (Å²) < 4.78 is 0. The summed E-state index contributed by atoms with van der Waals surface area (Å²) in [6.45, 7) is -0.202. The molecule has 1 atom stereocenters. The Labute approximate surface area is 122 Å². The Morgan fingerprint density at radius 2 is 1.90 bits per heavy atom. The number of aliphatic carboxylic acids is 1. The first kappa shape index (κ1) is 16.5. The molecule has 4 N–H and O–H groups in total. The predicted molar refractivity (Wildman–Crippen MR) is 76.4 cm³/mol. The fourth-order valence-electron chi connectivity index (χ4n) is 1.84. The summed E-state index contributed by atoms with van der Waals surface area (Å²) in [4.78, 5) is 34.6. The van der Waals surface area contributed by atoms with Crippen molar-refractivity contribution in [1.29, 1.82) is 0 Å². The summed E-state index contributed by atoms with van der Waals surface area (Å²) in [5, 5.41) is 11.5. The Kier molecular flexibility index (Phi) is 6.19. The van der Waals surface area contributed by atoms with Gasteiger partial charge in [-0.2, -0.15) is 0 Å². The highest BCUT2D eigenvalue weighted by Gasteiger charge is 2.18. The zero-order chi connectivity index (χ0) is 15.8. The van der Waals surface area contributed by atoms with Crippen molar-refractivity contribution in [2.75, 3.05) is 13.6 Å². The van der Waals surface area contributed by atoms with Gasteiger partial charge >= 0.3 is 12.0 Å². The molecule has 1 aromatic rings. The quantitative estimate of drug-likeness (QED) is 0.687. The van der Waals surface area contributed by atoms with Crippen molar-refractivity contribution < 1.29 is 19.5 Å². The molecular formula is C14H19N3O4. The van der Waals surface area contributed by atoms with Gasteiger partial charge in [-0.25, -0.2) is 4.79 Å². The van der Waals surface area contributed by atoms with E-state index >= 15 is 0 Å². The molecule has 114 valence electrons. The molecule has 0 aliphatic carbocycles. The molecule has 7 heteroatoms. The van der Waals surface area contributed by atoms with Crippen LogP contribution in [0.1, 0.15) is 24.4 Å². The van der Waals surface area contributed by atoms with Crippen molar-refractivity contribution in [1.82, 2.24) is 10.2 Å². The van der Waals surface area contributed by atoms with Crippen molar-refractivity contribution in [2.24, 2.45) is 5.73 Å². The van der Waals surface area contributed by atoms with E-state index in [-0.39, 0.29) is 19.4 Å². The number of urea groups is 1. The lowest BCUT2D eigenvalue weighted by Crippen LogP contribution is -2.43. The van der Waals surface area contributed by atoms with Crippen LogP contribution in [0, 0.1) is 0 Å². The minimum Gasteiger partial charge on any atom is -0.481 e. The number of carboxylic acids is 1. The highest BCUT2D eigenvalue weighted by atomic mass is 16.4. The highest BCUT2D eigenvalue weighted by molar-refractivity contribution is 5.82. The fourth-order valence-corrected chi connectivity index (χ4v) is 1.84. The second kappa shape index (κ2) is 7.88. The van der Waals surface area contributed by atoms with Crippen molar-refractivity contribution in [2.45, 2.75) is 18.9 Å². The fraction of sp³-hybridized carbons (Fsp3) is 0.357. The number of amides is 3. The van der Waals surface area contributed by atoms with Crippen molar-refractivity contribution in [3.05, 3.63) is 35.9 Å². The van der Waals surface area contributed by atoms with Crippen LogP contribution in [-0.4, -0.2) is 41.5 Å². The van der Waals surface area contributed by atoms with Crippen molar-refractivity contribution in [3.63, 3.8) is 0 Å². The van der Waals surface area contributed by atoms with Crippen LogP contribution in [0.4, 0.5) is 4.79 Å². The van der Waals surface area contributed by atoms with Gasteiger partial charge in [-0.3, -0.25) is 9.59 Å². The third-order valence-corrected chi connectivity index (χ3v) is 2.89. The van der Waals surface area contributed by atoms with Crippen LogP contribution in [0.5, 0.6) is 0 Å². The van der Waals surface area contributed by atoms with E-state index in [0.29, 0.717) is 0 Å². The summed E-state index contributed by atoms with van der Waals surface area (Å²) in [5.41, 5.74) is 5.84. The molecule has 1 aromatic carbocycles. The number of carbonyl (C=O) groups is 3. The lowest BCUT2D eigenvalue weighted by molar-refractivity contribution is -0.137. The van der Waals surface area contributed by atoms with E-state index in [1.165, 1.54) is 7.05 Å². The zero-order valence-electron chi connectivity index (χ0n) is 11.8. The summed E-state index contributed by atoms with van der Waals surface area (Å²) in [7, 11) is 1.44. The predicted octanol–water partition coefficient (Wildman–Crippen LogP) is 0.719. The first-order chi connectivity index (χ1) is 9.90. The maximum Gasteiger partial charge on any atom is 0.318 e. The number of carbonyl (C=O) groups excluding carboxylic acids is 2. The zero-order valence-corrected chi connectivity index (χ0v) is 11.8. The number of hydrogen-bond acceptors (Lipinski definition) is 3. The monoisotopic (exact) mass is 293 g/mol. The average Bonchev–Trinajstić information content (AvgIpc) is 2.43. The summed E-state index contributed by atoms with van der Waals surface area (Å²) in [6, 6.07) is 8.14. The maximum atomic E-state index is 12.0. The number of nitrogens with zero attached hydrogens (tertiary/aromatic N) is 1. The largest absolute Gasteiger partial charge is 0.481 e. The Balaban J connectivity index is 2.75. The van der Waals surface area contributed by atoms with Gasteiger partial charge in [0, 0.05) is 13.5 Å². The number of rotatable bonds is 7. The SMILES string of the molecule is CN(CC(N)=O)C(=O)NC(CCC(=O)O)c1ccccc1. The molecule has 0 radical (unpaired) electrons. The lowest BCUT2D eigenvalue weighted by atomic mass is 10.0. The maximum absolute atomic E-state index is 12.0. The van der Waals surface area contributed by atoms with E-state index < -0.39 is 23.9 Å². The topological polar surface area (TPSA) is 113 Å². The molecule has 0 heterocycles. The Morgan fingerprint density at radius 1 is 1.29 bits per heavy atom. The van der Waals surface area contributed by atoms with Gasteiger partial charge in [0.25, 0.3) is 0 Å². The van der Waals surface area contributed by atoms with Gasteiger partial charge < -0.3 is 21.1 Å². The van der Waals surface area contributed by atoms with Crippen molar-refractivity contribution >= 4 is 17.9 Å². The number of hydrogen-bond donors (Lipinski definition) is 3. The Hall–Kier alpha value is -2.57. The van der Waals surface area contributed by atoms with Gasteiger partial charge in [-0.05, 0) is 12.0 Å². The molecule has 0 saturated carbocycles.